The van der Waals surface area contributed by atoms with Crippen molar-refractivity contribution in [3.8, 4) is 5.75 Å². The Morgan fingerprint density at radius 2 is 1.27 bits per heavy atom. The van der Waals surface area contributed by atoms with Gasteiger partial charge in [-0.1, -0.05) is 103 Å². The zero-order valence-electron chi connectivity index (χ0n) is 21.9. The predicted molar refractivity (Wildman–Crippen MR) is 134 cm³/mol. The fourth-order valence-corrected chi connectivity index (χ4v) is 4.32. The maximum Gasteiger partial charge on any atom is 1.00 e. The van der Waals surface area contributed by atoms with Gasteiger partial charge < -0.3 is 9.29 Å². The van der Waals surface area contributed by atoms with Crippen LogP contribution in [0.25, 0.3) is 0 Å². The molecular formula is C27H47NaO4S. The molecule has 0 spiro atoms. The van der Waals surface area contributed by atoms with Crippen LogP contribution in [-0.4, -0.2) is 24.8 Å². The Bertz CT molecular complexity index is 706. The van der Waals surface area contributed by atoms with Crippen molar-refractivity contribution in [3.05, 3.63) is 29.3 Å². The van der Waals surface area contributed by atoms with Gasteiger partial charge in [0.15, 0.2) is 0 Å². The van der Waals surface area contributed by atoms with Crippen LogP contribution in [0, 0.1) is 0 Å². The van der Waals surface area contributed by atoms with Crippen molar-refractivity contribution >= 4 is 10.1 Å². The SMILES string of the molecule is CCCCCCCCCc1cccc(OCC(C)S(=O)(=O)[O-])c1CCCCCCCCC.[Na+]. The third-order valence-electron chi connectivity index (χ3n) is 6.28. The molecule has 0 bridgehead atoms. The van der Waals surface area contributed by atoms with Gasteiger partial charge in [0.05, 0.1) is 5.25 Å². The van der Waals surface area contributed by atoms with Gasteiger partial charge in [-0.05, 0) is 49.8 Å². The van der Waals surface area contributed by atoms with Crippen LogP contribution in [0.1, 0.15) is 122 Å². The Kier molecular flexibility index (Phi) is 20.1. The Morgan fingerprint density at radius 1 is 0.788 bits per heavy atom. The molecule has 0 aliphatic carbocycles. The van der Waals surface area contributed by atoms with Gasteiger partial charge in [0.1, 0.15) is 22.5 Å². The van der Waals surface area contributed by atoms with Crippen molar-refractivity contribution < 1.29 is 47.3 Å². The van der Waals surface area contributed by atoms with Gasteiger partial charge in [0, 0.05) is 0 Å². The van der Waals surface area contributed by atoms with E-state index in [-0.39, 0.29) is 36.2 Å². The third-order valence-corrected chi connectivity index (χ3v) is 7.40. The van der Waals surface area contributed by atoms with Crippen molar-refractivity contribution in [2.45, 2.75) is 129 Å². The van der Waals surface area contributed by atoms with Crippen LogP contribution in [0.4, 0.5) is 0 Å². The normalized spacial score (nSPS) is 12.4. The molecule has 1 atom stereocenters. The maximum atomic E-state index is 11.3. The first-order valence-electron chi connectivity index (χ1n) is 13.1. The molecule has 0 saturated heterocycles. The standard InChI is InChI=1S/C27H48O4S.Na/c1-4-6-8-10-12-14-16-19-25-20-18-22-27(31-23-24(3)32(28,29)30)26(25)21-17-15-13-11-9-7-5-2;/h18,20,22,24H,4-17,19,21,23H2,1-3H3,(H,28,29,30);/q;+1/p-1. The van der Waals surface area contributed by atoms with Crippen molar-refractivity contribution in [1.82, 2.24) is 0 Å². The topological polar surface area (TPSA) is 66.4 Å². The first-order chi connectivity index (χ1) is 15.4. The molecule has 0 N–H and O–H groups in total. The number of rotatable bonds is 20. The molecule has 1 aromatic rings. The van der Waals surface area contributed by atoms with E-state index in [1.54, 1.807) is 0 Å². The van der Waals surface area contributed by atoms with Gasteiger partial charge in [-0.3, -0.25) is 0 Å². The van der Waals surface area contributed by atoms with E-state index in [2.05, 4.69) is 19.9 Å². The molecule has 0 aliphatic rings. The summed E-state index contributed by atoms with van der Waals surface area (Å²) in [6, 6.07) is 6.11. The molecule has 186 valence electrons. The molecule has 1 aromatic carbocycles. The number of ether oxygens (including phenoxy) is 1. The zero-order chi connectivity index (χ0) is 23.7. The fourth-order valence-electron chi connectivity index (χ4n) is 4.09. The van der Waals surface area contributed by atoms with Crippen molar-refractivity contribution in [2.75, 3.05) is 6.61 Å². The molecule has 0 radical (unpaired) electrons. The molecular weight excluding hydrogens is 443 g/mol. The molecule has 0 aliphatic heterocycles. The van der Waals surface area contributed by atoms with Crippen LogP contribution in [-0.2, 0) is 23.0 Å². The molecule has 0 fully saturated rings. The molecule has 0 heterocycles. The molecule has 0 aromatic heterocycles. The van der Waals surface area contributed by atoms with Crippen molar-refractivity contribution in [2.24, 2.45) is 0 Å². The summed E-state index contributed by atoms with van der Waals surface area (Å²) in [6.07, 6.45) is 19.8. The number of unbranched alkanes of at least 4 members (excludes halogenated alkanes) is 12. The quantitative estimate of drug-likeness (QED) is 0.152. The molecule has 0 amide bonds. The number of hydrogen-bond donors (Lipinski definition) is 0. The monoisotopic (exact) mass is 490 g/mol. The number of benzene rings is 1. The van der Waals surface area contributed by atoms with E-state index in [1.807, 2.05) is 12.1 Å². The van der Waals surface area contributed by atoms with E-state index in [1.165, 1.54) is 102 Å². The van der Waals surface area contributed by atoms with Crippen molar-refractivity contribution in [3.63, 3.8) is 0 Å². The number of aryl methyl sites for hydroxylation is 1. The molecule has 0 saturated carbocycles. The van der Waals surface area contributed by atoms with Crippen LogP contribution in [0.3, 0.4) is 0 Å². The second-order valence-corrected chi connectivity index (χ2v) is 11.0. The molecule has 1 unspecified atom stereocenters. The summed E-state index contributed by atoms with van der Waals surface area (Å²) >= 11 is 0. The van der Waals surface area contributed by atoms with Crippen LogP contribution >= 0.6 is 0 Å². The Hall–Kier alpha value is -0.0700. The summed E-state index contributed by atoms with van der Waals surface area (Å²) < 4.78 is 39.6. The van der Waals surface area contributed by atoms with Crippen LogP contribution in [0.15, 0.2) is 18.2 Å². The van der Waals surface area contributed by atoms with Gasteiger partial charge in [-0.25, -0.2) is 8.42 Å². The van der Waals surface area contributed by atoms with Gasteiger partial charge in [-0.2, -0.15) is 0 Å². The maximum absolute atomic E-state index is 11.3. The summed E-state index contributed by atoms with van der Waals surface area (Å²) in [5.41, 5.74) is 2.53. The first-order valence-corrected chi connectivity index (χ1v) is 14.6. The first kappa shape index (κ1) is 32.9. The Labute approximate surface area is 226 Å². The van der Waals surface area contributed by atoms with Crippen molar-refractivity contribution in [1.29, 1.82) is 0 Å². The second-order valence-electron chi connectivity index (χ2n) is 9.25. The van der Waals surface area contributed by atoms with E-state index in [0.717, 1.165) is 25.0 Å². The third kappa shape index (κ3) is 15.5. The van der Waals surface area contributed by atoms with E-state index in [4.69, 9.17) is 4.74 Å². The smallest absolute Gasteiger partial charge is 0.748 e. The zero-order valence-corrected chi connectivity index (χ0v) is 24.7. The van der Waals surface area contributed by atoms with Gasteiger partial charge in [0.2, 0.25) is 0 Å². The van der Waals surface area contributed by atoms with Gasteiger partial charge in [-0.15, -0.1) is 0 Å². The summed E-state index contributed by atoms with van der Waals surface area (Å²) in [5, 5.41) is -1.04. The second kappa shape index (κ2) is 20.2. The molecule has 6 heteroatoms. The summed E-state index contributed by atoms with van der Waals surface area (Å²) in [7, 11) is -4.33. The van der Waals surface area contributed by atoms with Crippen LogP contribution in [0.2, 0.25) is 0 Å². The fraction of sp³-hybridized carbons (Fsp3) is 0.778. The number of hydrogen-bond acceptors (Lipinski definition) is 4. The molecule has 33 heavy (non-hydrogen) atoms. The minimum Gasteiger partial charge on any atom is -0.748 e. The predicted octanol–water partition coefficient (Wildman–Crippen LogP) is 4.59. The Balaban J connectivity index is 0.0000102. The summed E-state index contributed by atoms with van der Waals surface area (Å²) in [4.78, 5) is 0. The van der Waals surface area contributed by atoms with Crippen LogP contribution < -0.4 is 34.3 Å². The van der Waals surface area contributed by atoms with E-state index >= 15 is 0 Å². The van der Waals surface area contributed by atoms with Gasteiger partial charge in [0.25, 0.3) is 0 Å². The van der Waals surface area contributed by atoms with Gasteiger partial charge >= 0.3 is 29.6 Å². The summed E-state index contributed by atoms with van der Waals surface area (Å²) in [5.74, 6) is 0.756. The molecule has 4 nitrogen and oxygen atoms in total. The Morgan fingerprint density at radius 3 is 1.79 bits per heavy atom. The largest absolute Gasteiger partial charge is 1.00 e. The minimum absolute atomic E-state index is 0. The van der Waals surface area contributed by atoms with E-state index in [0.29, 0.717) is 0 Å². The average Bonchev–Trinajstić information content (AvgIpc) is 2.76. The van der Waals surface area contributed by atoms with Crippen LogP contribution in [0.5, 0.6) is 5.75 Å². The van der Waals surface area contributed by atoms with E-state index in [9.17, 15) is 13.0 Å². The minimum atomic E-state index is -4.33. The summed E-state index contributed by atoms with van der Waals surface area (Å²) in [6.45, 7) is 5.81. The van der Waals surface area contributed by atoms with E-state index < -0.39 is 15.4 Å². The average molecular weight is 491 g/mol. The molecule has 1 rings (SSSR count).